The van der Waals surface area contributed by atoms with Crippen LogP contribution >= 0.6 is 0 Å². The lowest BCUT2D eigenvalue weighted by atomic mass is 9.88. The van der Waals surface area contributed by atoms with Gasteiger partial charge < -0.3 is 15.4 Å². The van der Waals surface area contributed by atoms with Gasteiger partial charge in [0.05, 0.1) is 5.69 Å². The molecule has 0 aliphatic rings. The fourth-order valence-corrected chi connectivity index (χ4v) is 1.76. The van der Waals surface area contributed by atoms with Crippen LogP contribution in [0.2, 0.25) is 0 Å². The summed E-state index contributed by atoms with van der Waals surface area (Å²) in [7, 11) is 0. The minimum atomic E-state index is -0.493. The Morgan fingerprint density at radius 2 is 2.00 bits per heavy atom. The van der Waals surface area contributed by atoms with E-state index in [1.165, 1.54) is 6.33 Å². The number of ether oxygens (including phenoxy) is 1. The molecule has 0 fully saturated rings. The Morgan fingerprint density at radius 1 is 1.32 bits per heavy atom. The van der Waals surface area contributed by atoms with Crippen LogP contribution in [0.1, 0.15) is 47.2 Å². The number of hydrogen-bond acceptors (Lipinski definition) is 5. The first-order chi connectivity index (χ1) is 10.1. The van der Waals surface area contributed by atoms with Crippen molar-refractivity contribution in [2.24, 2.45) is 5.92 Å². The zero-order chi connectivity index (χ0) is 16.8. The van der Waals surface area contributed by atoms with E-state index in [1.54, 1.807) is 6.20 Å². The molecule has 0 bridgehead atoms. The molecule has 1 atom stereocenters. The Morgan fingerprint density at radius 3 is 2.50 bits per heavy atom. The van der Waals surface area contributed by atoms with Crippen molar-refractivity contribution in [3.63, 3.8) is 0 Å². The van der Waals surface area contributed by atoms with Crippen LogP contribution in [0.3, 0.4) is 0 Å². The largest absolute Gasteiger partial charge is 0.444 e. The zero-order valence-corrected chi connectivity index (χ0v) is 14.4. The average molecular weight is 308 g/mol. The topological polar surface area (TPSA) is 76.1 Å². The molecular formula is C16H28N4O2. The monoisotopic (exact) mass is 308 g/mol. The quantitative estimate of drug-likeness (QED) is 0.844. The molecule has 1 unspecified atom stereocenters. The SMILES string of the molecule is CC(C)C(C)(CNC(=O)OC(C)(C)C)NCc1ccncn1. The molecule has 1 aromatic heterocycles. The van der Waals surface area contributed by atoms with Gasteiger partial charge in [0.15, 0.2) is 0 Å². The van der Waals surface area contributed by atoms with Crippen molar-refractivity contribution in [1.82, 2.24) is 20.6 Å². The number of hydrogen-bond donors (Lipinski definition) is 2. The summed E-state index contributed by atoms with van der Waals surface area (Å²) in [6, 6.07) is 1.87. The third-order valence-corrected chi connectivity index (χ3v) is 3.59. The number of amides is 1. The summed E-state index contributed by atoms with van der Waals surface area (Å²) in [5, 5.41) is 6.31. The molecule has 0 aliphatic carbocycles. The van der Waals surface area contributed by atoms with Gasteiger partial charge in [-0.05, 0) is 39.7 Å². The Labute approximate surface area is 133 Å². The molecule has 0 aliphatic heterocycles. The molecule has 1 amide bonds. The van der Waals surface area contributed by atoms with Gasteiger partial charge >= 0.3 is 6.09 Å². The maximum atomic E-state index is 11.8. The Kier molecular flexibility index (Phi) is 6.29. The zero-order valence-electron chi connectivity index (χ0n) is 14.4. The number of carbonyl (C=O) groups excluding carboxylic acids is 1. The van der Waals surface area contributed by atoms with Crippen LogP contribution in [0.15, 0.2) is 18.6 Å². The second-order valence-corrected chi connectivity index (χ2v) is 6.98. The Balaban J connectivity index is 2.57. The Hall–Kier alpha value is -1.69. The van der Waals surface area contributed by atoms with Gasteiger partial charge in [0.1, 0.15) is 11.9 Å². The molecule has 0 aromatic carbocycles. The molecule has 2 N–H and O–H groups in total. The normalized spacial score (nSPS) is 14.5. The lowest BCUT2D eigenvalue weighted by Gasteiger charge is -2.35. The summed E-state index contributed by atoms with van der Waals surface area (Å²) >= 11 is 0. The minimum Gasteiger partial charge on any atom is -0.444 e. The van der Waals surface area contributed by atoms with Gasteiger partial charge in [-0.3, -0.25) is 0 Å². The maximum Gasteiger partial charge on any atom is 0.407 e. The van der Waals surface area contributed by atoms with Crippen molar-refractivity contribution < 1.29 is 9.53 Å². The molecule has 0 saturated carbocycles. The number of nitrogens with zero attached hydrogens (tertiary/aromatic N) is 2. The van der Waals surface area contributed by atoms with Gasteiger partial charge in [-0.1, -0.05) is 13.8 Å². The minimum absolute atomic E-state index is 0.262. The molecule has 0 saturated heterocycles. The highest BCUT2D eigenvalue weighted by Gasteiger charge is 2.29. The van der Waals surface area contributed by atoms with Gasteiger partial charge in [-0.15, -0.1) is 0 Å². The fourth-order valence-electron chi connectivity index (χ4n) is 1.76. The summed E-state index contributed by atoms with van der Waals surface area (Å²) < 4.78 is 5.28. The lowest BCUT2D eigenvalue weighted by molar-refractivity contribution is 0.0503. The third kappa shape index (κ3) is 6.39. The van der Waals surface area contributed by atoms with E-state index in [4.69, 9.17) is 4.74 Å². The predicted molar refractivity (Wildman–Crippen MR) is 86.4 cm³/mol. The summed E-state index contributed by atoms with van der Waals surface area (Å²) in [6.45, 7) is 13.0. The lowest BCUT2D eigenvalue weighted by Crippen LogP contribution is -2.55. The van der Waals surface area contributed by atoms with E-state index in [0.717, 1.165) is 5.69 Å². The number of rotatable bonds is 6. The van der Waals surface area contributed by atoms with E-state index in [0.29, 0.717) is 19.0 Å². The molecule has 1 heterocycles. The van der Waals surface area contributed by atoms with Crippen molar-refractivity contribution in [1.29, 1.82) is 0 Å². The van der Waals surface area contributed by atoms with Crippen molar-refractivity contribution in [3.05, 3.63) is 24.3 Å². The number of alkyl carbamates (subject to hydrolysis) is 1. The highest BCUT2D eigenvalue weighted by molar-refractivity contribution is 5.67. The summed E-state index contributed by atoms with van der Waals surface area (Å²) in [5.74, 6) is 0.323. The van der Waals surface area contributed by atoms with E-state index in [2.05, 4.69) is 41.4 Å². The van der Waals surface area contributed by atoms with E-state index < -0.39 is 11.7 Å². The van der Waals surface area contributed by atoms with Crippen LogP contribution < -0.4 is 10.6 Å². The van der Waals surface area contributed by atoms with Crippen molar-refractivity contribution in [3.8, 4) is 0 Å². The summed E-state index contributed by atoms with van der Waals surface area (Å²) in [6.07, 6.45) is 2.85. The molecule has 6 nitrogen and oxygen atoms in total. The van der Waals surface area contributed by atoms with Crippen LogP contribution in [0.5, 0.6) is 0 Å². The van der Waals surface area contributed by atoms with Crippen LogP contribution in [-0.2, 0) is 11.3 Å². The first kappa shape index (κ1) is 18.4. The average Bonchev–Trinajstić information content (AvgIpc) is 2.42. The fraction of sp³-hybridized carbons (Fsp3) is 0.688. The van der Waals surface area contributed by atoms with Crippen molar-refractivity contribution in [2.75, 3.05) is 6.54 Å². The second kappa shape index (κ2) is 7.54. The first-order valence-electron chi connectivity index (χ1n) is 7.59. The number of nitrogens with one attached hydrogen (secondary N) is 2. The smallest absolute Gasteiger partial charge is 0.407 e. The van der Waals surface area contributed by atoms with Crippen LogP contribution in [0, 0.1) is 5.92 Å². The van der Waals surface area contributed by atoms with Gasteiger partial charge in [0.25, 0.3) is 0 Å². The van der Waals surface area contributed by atoms with Gasteiger partial charge in [-0.2, -0.15) is 0 Å². The van der Waals surface area contributed by atoms with Crippen LogP contribution in [0.4, 0.5) is 4.79 Å². The third-order valence-electron chi connectivity index (χ3n) is 3.59. The molecule has 1 aromatic rings. The van der Waals surface area contributed by atoms with Gasteiger partial charge in [0.2, 0.25) is 0 Å². The highest BCUT2D eigenvalue weighted by Crippen LogP contribution is 2.16. The van der Waals surface area contributed by atoms with Gasteiger partial charge in [-0.25, -0.2) is 14.8 Å². The predicted octanol–water partition coefficient (Wildman–Crippen LogP) is 2.51. The molecule has 6 heteroatoms. The number of aromatic nitrogens is 2. The van der Waals surface area contributed by atoms with Gasteiger partial charge in [0, 0.05) is 24.8 Å². The maximum absolute atomic E-state index is 11.8. The van der Waals surface area contributed by atoms with Crippen molar-refractivity contribution in [2.45, 2.75) is 59.2 Å². The van der Waals surface area contributed by atoms with Crippen LogP contribution in [0.25, 0.3) is 0 Å². The van der Waals surface area contributed by atoms with Crippen LogP contribution in [-0.4, -0.2) is 33.7 Å². The molecule has 22 heavy (non-hydrogen) atoms. The molecule has 1 rings (SSSR count). The first-order valence-corrected chi connectivity index (χ1v) is 7.59. The number of carbonyl (C=O) groups is 1. The molecular weight excluding hydrogens is 280 g/mol. The van der Waals surface area contributed by atoms with E-state index in [9.17, 15) is 4.79 Å². The highest BCUT2D eigenvalue weighted by atomic mass is 16.6. The summed E-state index contributed by atoms with van der Waals surface area (Å²) in [4.78, 5) is 19.9. The Bertz CT molecular complexity index is 471. The van der Waals surface area contributed by atoms with E-state index in [-0.39, 0.29) is 5.54 Å². The standard InChI is InChI=1S/C16H28N4O2/c1-12(2)16(6,10-18-14(21)22-15(3,4)5)20-9-13-7-8-17-11-19-13/h7-8,11-12,20H,9-10H2,1-6H3,(H,18,21). The molecule has 0 radical (unpaired) electrons. The van der Waals surface area contributed by atoms with Crippen molar-refractivity contribution >= 4 is 6.09 Å². The van der Waals surface area contributed by atoms with E-state index >= 15 is 0 Å². The molecule has 124 valence electrons. The van der Waals surface area contributed by atoms with E-state index in [1.807, 2.05) is 26.8 Å². The molecule has 0 spiro atoms. The summed E-state index contributed by atoms with van der Waals surface area (Å²) in [5.41, 5.74) is 0.160. The second-order valence-electron chi connectivity index (χ2n) is 6.98.